The minimum Gasteiger partial charge on any atom is -0.225 e. The molecule has 2 heteroatoms. The maximum atomic E-state index is 5.91. The van der Waals surface area contributed by atoms with Crippen molar-refractivity contribution in [2.45, 2.75) is 78.4 Å². The highest BCUT2D eigenvalue weighted by Gasteiger charge is 2.29. The van der Waals surface area contributed by atoms with Crippen molar-refractivity contribution in [2.75, 3.05) is 0 Å². The lowest BCUT2D eigenvalue weighted by Crippen LogP contribution is -2.29. The average molecular weight is 355 g/mol. The summed E-state index contributed by atoms with van der Waals surface area (Å²) in [5, 5.41) is 0. The van der Waals surface area contributed by atoms with E-state index < -0.39 is 11.2 Å². The normalized spacial score (nSPS) is 12.8. The van der Waals surface area contributed by atoms with Gasteiger partial charge in [-0.2, -0.15) is 0 Å². The van der Waals surface area contributed by atoms with Crippen molar-refractivity contribution in [3.05, 3.63) is 70.8 Å². The fourth-order valence-corrected chi connectivity index (χ4v) is 2.84. The molecule has 0 aliphatic heterocycles. The Kier molecular flexibility index (Phi) is 6.31. The Hall–Kier alpha value is -1.64. The van der Waals surface area contributed by atoms with Crippen molar-refractivity contribution in [3.63, 3.8) is 0 Å². The molecular weight excluding hydrogens is 320 g/mol. The first-order chi connectivity index (χ1) is 12.0. The van der Waals surface area contributed by atoms with Gasteiger partial charge in [0.05, 0.1) is 0 Å². The monoisotopic (exact) mass is 354 g/mol. The zero-order valence-corrected chi connectivity index (χ0v) is 17.6. The molecule has 0 heterocycles. The zero-order valence-electron chi connectivity index (χ0n) is 17.6. The molecule has 2 nitrogen and oxygen atoms in total. The van der Waals surface area contributed by atoms with Gasteiger partial charge in [0.25, 0.3) is 0 Å². The van der Waals surface area contributed by atoms with Gasteiger partial charge >= 0.3 is 0 Å². The van der Waals surface area contributed by atoms with Gasteiger partial charge in [-0.1, -0.05) is 76.2 Å². The minimum atomic E-state index is -0.523. The van der Waals surface area contributed by atoms with Crippen LogP contribution in [0.4, 0.5) is 0 Å². The molecule has 26 heavy (non-hydrogen) atoms. The van der Waals surface area contributed by atoms with Crippen molar-refractivity contribution >= 4 is 0 Å². The lowest BCUT2D eigenvalue weighted by molar-refractivity contribution is -0.410. The summed E-state index contributed by atoms with van der Waals surface area (Å²) in [7, 11) is 0. The van der Waals surface area contributed by atoms with E-state index >= 15 is 0 Å². The van der Waals surface area contributed by atoms with Gasteiger partial charge in [-0.25, -0.2) is 9.78 Å². The van der Waals surface area contributed by atoms with Crippen molar-refractivity contribution in [1.29, 1.82) is 0 Å². The number of hydrogen-bond donors (Lipinski definition) is 0. The van der Waals surface area contributed by atoms with E-state index in [4.69, 9.17) is 9.78 Å². The number of hydrogen-bond acceptors (Lipinski definition) is 2. The molecule has 0 saturated carbocycles. The largest absolute Gasteiger partial charge is 0.225 e. The Balaban J connectivity index is 2.09. The van der Waals surface area contributed by atoms with E-state index in [0.717, 1.165) is 11.1 Å². The van der Waals surface area contributed by atoms with E-state index in [-0.39, 0.29) is 0 Å². The third kappa shape index (κ3) is 4.96. The molecule has 0 fully saturated rings. The first kappa shape index (κ1) is 20.7. The van der Waals surface area contributed by atoms with Crippen LogP contribution in [-0.2, 0) is 21.0 Å². The third-order valence-electron chi connectivity index (χ3n) is 5.00. The quantitative estimate of drug-likeness (QED) is 0.392. The minimum absolute atomic E-state index is 0.523. The standard InChI is InChI=1S/C24H34O2/c1-17(2)19-9-13-21(14-10-19)23(5,6)25-26-24(7,8)22-15-11-20(12-16-22)18(3)4/h9-18H,1-8H3. The summed E-state index contributed by atoms with van der Waals surface area (Å²) in [5.74, 6) is 1.05. The third-order valence-corrected chi connectivity index (χ3v) is 5.00. The van der Waals surface area contributed by atoms with Gasteiger partial charge < -0.3 is 0 Å². The maximum Gasteiger partial charge on any atom is 0.123 e. The van der Waals surface area contributed by atoms with E-state index in [1.54, 1.807) is 0 Å². The molecule has 0 bridgehead atoms. The predicted molar refractivity (Wildman–Crippen MR) is 109 cm³/mol. The second-order valence-electron chi connectivity index (χ2n) is 8.74. The van der Waals surface area contributed by atoms with Crippen LogP contribution in [0.25, 0.3) is 0 Å². The van der Waals surface area contributed by atoms with Crippen molar-refractivity contribution in [2.24, 2.45) is 0 Å². The molecule has 0 aliphatic carbocycles. The van der Waals surface area contributed by atoms with Gasteiger partial charge in [-0.15, -0.1) is 0 Å². The maximum absolute atomic E-state index is 5.91. The first-order valence-electron chi connectivity index (χ1n) is 9.60. The molecule has 0 atom stereocenters. The second kappa shape index (κ2) is 7.94. The van der Waals surface area contributed by atoms with Crippen LogP contribution < -0.4 is 0 Å². The summed E-state index contributed by atoms with van der Waals surface area (Å²) in [4.78, 5) is 11.8. The van der Waals surface area contributed by atoms with E-state index in [9.17, 15) is 0 Å². The molecule has 142 valence electrons. The van der Waals surface area contributed by atoms with Crippen molar-refractivity contribution in [1.82, 2.24) is 0 Å². The Bertz CT molecular complexity index is 628. The summed E-state index contributed by atoms with van der Waals surface area (Å²) in [5.41, 5.74) is 3.82. The van der Waals surface area contributed by atoms with Crippen LogP contribution in [0.1, 0.15) is 89.5 Å². The summed E-state index contributed by atoms with van der Waals surface area (Å²) < 4.78 is 0. The fraction of sp³-hybridized carbons (Fsp3) is 0.500. The average Bonchev–Trinajstić information content (AvgIpc) is 2.60. The smallest absolute Gasteiger partial charge is 0.123 e. The van der Waals surface area contributed by atoms with Crippen LogP contribution in [0.2, 0.25) is 0 Å². The molecule has 0 spiro atoms. The highest BCUT2D eigenvalue weighted by Crippen LogP contribution is 2.32. The van der Waals surface area contributed by atoms with Crippen LogP contribution in [-0.4, -0.2) is 0 Å². The second-order valence-corrected chi connectivity index (χ2v) is 8.74. The summed E-state index contributed by atoms with van der Waals surface area (Å²) in [6, 6.07) is 17.2. The molecule has 2 aromatic carbocycles. The molecular formula is C24H34O2. The number of rotatable bonds is 7. The van der Waals surface area contributed by atoms with E-state index in [1.165, 1.54) is 11.1 Å². The van der Waals surface area contributed by atoms with Gasteiger partial charge in [0.2, 0.25) is 0 Å². The van der Waals surface area contributed by atoms with Crippen LogP contribution in [0, 0.1) is 0 Å². The van der Waals surface area contributed by atoms with Gasteiger partial charge in [0, 0.05) is 0 Å². The first-order valence-corrected chi connectivity index (χ1v) is 9.60. The highest BCUT2D eigenvalue weighted by molar-refractivity contribution is 5.29. The molecule has 0 radical (unpaired) electrons. The van der Waals surface area contributed by atoms with Crippen LogP contribution >= 0.6 is 0 Å². The molecule has 2 rings (SSSR count). The summed E-state index contributed by atoms with van der Waals surface area (Å²) in [6.07, 6.45) is 0. The van der Waals surface area contributed by atoms with E-state index in [2.05, 4.69) is 76.2 Å². The van der Waals surface area contributed by atoms with Crippen LogP contribution in [0.15, 0.2) is 48.5 Å². The fourth-order valence-electron chi connectivity index (χ4n) is 2.84. The molecule has 0 N–H and O–H groups in total. The Morgan fingerprint density at radius 3 is 1.04 bits per heavy atom. The summed E-state index contributed by atoms with van der Waals surface area (Å²) >= 11 is 0. The SMILES string of the molecule is CC(C)c1ccc(C(C)(C)OOC(C)(C)c2ccc(C(C)C)cc2)cc1. The zero-order chi connectivity index (χ0) is 19.5. The lowest BCUT2D eigenvalue weighted by Gasteiger charge is -2.31. The molecule has 0 amide bonds. The molecule has 0 aromatic heterocycles. The van der Waals surface area contributed by atoms with Crippen LogP contribution in [0.5, 0.6) is 0 Å². The molecule has 0 saturated heterocycles. The van der Waals surface area contributed by atoms with Gasteiger partial charge in [-0.3, -0.25) is 0 Å². The molecule has 2 aromatic rings. The molecule has 0 aliphatic rings. The molecule has 0 unspecified atom stereocenters. The summed E-state index contributed by atoms with van der Waals surface area (Å²) in [6.45, 7) is 17.0. The van der Waals surface area contributed by atoms with Gasteiger partial charge in [0.15, 0.2) is 0 Å². The Labute approximate surface area is 159 Å². The topological polar surface area (TPSA) is 18.5 Å². The highest BCUT2D eigenvalue weighted by atomic mass is 17.2. The Morgan fingerprint density at radius 1 is 0.538 bits per heavy atom. The van der Waals surface area contributed by atoms with E-state index in [0.29, 0.717) is 11.8 Å². The number of benzene rings is 2. The lowest BCUT2D eigenvalue weighted by atomic mass is 9.94. The van der Waals surface area contributed by atoms with Gasteiger partial charge in [0.1, 0.15) is 11.2 Å². The van der Waals surface area contributed by atoms with Crippen molar-refractivity contribution < 1.29 is 9.78 Å². The predicted octanol–water partition coefficient (Wildman–Crippen LogP) is 7.05. The Morgan fingerprint density at radius 2 is 0.808 bits per heavy atom. The van der Waals surface area contributed by atoms with E-state index in [1.807, 2.05) is 27.7 Å². The van der Waals surface area contributed by atoms with Gasteiger partial charge in [-0.05, 0) is 61.8 Å². The van der Waals surface area contributed by atoms with Crippen LogP contribution in [0.3, 0.4) is 0 Å². The van der Waals surface area contributed by atoms with Crippen molar-refractivity contribution in [3.8, 4) is 0 Å².